The molecule has 0 radical (unpaired) electrons. The van der Waals surface area contributed by atoms with Crippen LogP contribution < -0.4 is 5.32 Å². The molecule has 7 nitrogen and oxygen atoms in total. The van der Waals surface area contributed by atoms with Crippen LogP contribution in [0.15, 0.2) is 28.8 Å². The van der Waals surface area contributed by atoms with E-state index in [0.29, 0.717) is 11.5 Å². The molecule has 27 heavy (non-hydrogen) atoms. The zero-order valence-electron chi connectivity index (χ0n) is 15.6. The van der Waals surface area contributed by atoms with Gasteiger partial charge in [-0.1, -0.05) is 25.9 Å². The number of ether oxygens (including phenoxy) is 1. The zero-order chi connectivity index (χ0) is 20.0. The largest absolute Gasteiger partial charge is 0.455 e. The second-order valence-electron chi connectivity index (χ2n) is 6.88. The average Bonchev–Trinajstić information content (AvgIpc) is 3.09. The highest BCUT2D eigenvalue weighted by Crippen LogP contribution is 2.19. The van der Waals surface area contributed by atoms with Gasteiger partial charge < -0.3 is 14.6 Å². The van der Waals surface area contributed by atoms with Gasteiger partial charge in [0.05, 0.1) is 5.75 Å². The molecule has 1 N–H and O–H groups in total. The van der Waals surface area contributed by atoms with Crippen LogP contribution in [0.5, 0.6) is 0 Å². The molecule has 0 spiro atoms. The lowest BCUT2D eigenvalue weighted by molar-refractivity contribution is -0.144. The molecule has 1 unspecified atom stereocenters. The van der Waals surface area contributed by atoms with Crippen LogP contribution in [0.2, 0.25) is 0 Å². The first-order chi connectivity index (χ1) is 12.6. The highest BCUT2D eigenvalue weighted by atomic mass is 32.2. The Morgan fingerprint density at radius 1 is 1.30 bits per heavy atom. The monoisotopic (exact) mass is 395 g/mol. The summed E-state index contributed by atoms with van der Waals surface area (Å²) in [6.07, 6.45) is 0. The van der Waals surface area contributed by atoms with Gasteiger partial charge in [-0.2, -0.15) is 4.98 Å². The lowest BCUT2D eigenvalue weighted by atomic mass is 9.96. The summed E-state index contributed by atoms with van der Waals surface area (Å²) in [5.74, 6) is -0.340. The number of hydrogen-bond donors (Lipinski definition) is 1. The van der Waals surface area contributed by atoms with Crippen molar-refractivity contribution in [3.63, 3.8) is 0 Å². The van der Waals surface area contributed by atoms with E-state index in [1.54, 1.807) is 6.92 Å². The van der Waals surface area contributed by atoms with Crippen molar-refractivity contribution in [2.45, 2.75) is 45.0 Å². The first kappa shape index (κ1) is 20.9. The van der Waals surface area contributed by atoms with Crippen molar-refractivity contribution >= 4 is 29.3 Å². The highest BCUT2D eigenvalue weighted by Gasteiger charge is 2.22. The van der Waals surface area contributed by atoms with Crippen molar-refractivity contribution in [2.75, 3.05) is 11.1 Å². The van der Waals surface area contributed by atoms with Crippen LogP contribution in [-0.2, 0) is 26.3 Å². The van der Waals surface area contributed by atoms with E-state index >= 15 is 0 Å². The van der Waals surface area contributed by atoms with E-state index in [0.717, 1.165) is 11.8 Å². The summed E-state index contributed by atoms with van der Waals surface area (Å²) in [7, 11) is 0. The van der Waals surface area contributed by atoms with E-state index in [1.165, 1.54) is 24.3 Å². The topological polar surface area (TPSA) is 94.3 Å². The molecule has 1 aromatic heterocycles. The Balaban J connectivity index is 1.74. The minimum atomic E-state index is -0.547. The number of aromatic nitrogens is 2. The maximum Gasteiger partial charge on any atom is 0.319 e. The van der Waals surface area contributed by atoms with Crippen LogP contribution in [-0.4, -0.2) is 33.0 Å². The van der Waals surface area contributed by atoms with Crippen LogP contribution in [0.25, 0.3) is 0 Å². The molecule has 1 amide bonds. The van der Waals surface area contributed by atoms with Crippen LogP contribution in [0.4, 0.5) is 10.1 Å². The normalized spacial score (nSPS) is 12.5. The third kappa shape index (κ3) is 6.67. The molecule has 0 saturated heterocycles. The molecule has 1 heterocycles. The van der Waals surface area contributed by atoms with Gasteiger partial charge in [0.25, 0.3) is 5.89 Å². The summed E-state index contributed by atoms with van der Waals surface area (Å²) in [4.78, 5) is 28.1. The Morgan fingerprint density at radius 3 is 2.56 bits per heavy atom. The fraction of sp³-hybridized carbons (Fsp3) is 0.444. The van der Waals surface area contributed by atoms with Crippen LogP contribution in [0.3, 0.4) is 0 Å². The fourth-order valence-electron chi connectivity index (χ4n) is 1.87. The minimum absolute atomic E-state index is 0.0579. The summed E-state index contributed by atoms with van der Waals surface area (Å²) in [5.41, 5.74) is 0.232. The molecule has 0 aliphatic carbocycles. The van der Waals surface area contributed by atoms with Crippen molar-refractivity contribution in [1.29, 1.82) is 0 Å². The van der Waals surface area contributed by atoms with Gasteiger partial charge in [-0.3, -0.25) is 9.59 Å². The SMILES string of the molecule is CC(SCC(=O)Nc1ccc(F)cc1)C(=O)OCc1nc(C(C)(C)C)no1. The second-order valence-corrected chi connectivity index (χ2v) is 8.21. The van der Waals surface area contributed by atoms with Gasteiger partial charge in [-0.05, 0) is 31.2 Å². The predicted octanol–water partition coefficient (Wildman–Crippen LogP) is 3.31. The van der Waals surface area contributed by atoms with Crippen molar-refractivity contribution in [2.24, 2.45) is 0 Å². The maximum absolute atomic E-state index is 12.8. The van der Waals surface area contributed by atoms with Crippen molar-refractivity contribution in [1.82, 2.24) is 10.1 Å². The molecule has 2 aromatic rings. The van der Waals surface area contributed by atoms with Gasteiger partial charge in [0.2, 0.25) is 5.91 Å². The van der Waals surface area contributed by atoms with Crippen molar-refractivity contribution in [3.05, 3.63) is 41.8 Å². The van der Waals surface area contributed by atoms with E-state index in [1.807, 2.05) is 20.8 Å². The highest BCUT2D eigenvalue weighted by molar-refractivity contribution is 8.01. The quantitative estimate of drug-likeness (QED) is 0.719. The number of amides is 1. The van der Waals surface area contributed by atoms with Crippen molar-refractivity contribution in [3.8, 4) is 0 Å². The third-order valence-corrected chi connectivity index (χ3v) is 4.52. The maximum atomic E-state index is 12.8. The summed E-state index contributed by atoms with van der Waals surface area (Å²) in [6.45, 7) is 7.37. The molecule has 0 saturated carbocycles. The lowest BCUT2D eigenvalue weighted by Crippen LogP contribution is -2.21. The number of benzene rings is 1. The lowest BCUT2D eigenvalue weighted by Gasteiger charge is -2.11. The number of halogens is 1. The van der Waals surface area contributed by atoms with Gasteiger partial charge >= 0.3 is 5.97 Å². The Morgan fingerprint density at radius 2 is 1.96 bits per heavy atom. The summed E-state index contributed by atoms with van der Waals surface area (Å²) < 4.78 is 23.0. The van der Waals surface area contributed by atoms with Crippen LogP contribution >= 0.6 is 11.8 Å². The molecular formula is C18H22FN3O4S. The second kappa shape index (κ2) is 8.98. The number of hydrogen-bond acceptors (Lipinski definition) is 7. The number of thioether (sulfide) groups is 1. The number of nitrogens with zero attached hydrogens (tertiary/aromatic N) is 2. The first-order valence-corrected chi connectivity index (χ1v) is 9.37. The predicted molar refractivity (Wildman–Crippen MR) is 99.7 cm³/mol. The van der Waals surface area contributed by atoms with E-state index in [-0.39, 0.29) is 35.4 Å². The number of carbonyl (C=O) groups excluding carboxylic acids is 2. The van der Waals surface area contributed by atoms with Gasteiger partial charge in [-0.15, -0.1) is 11.8 Å². The molecule has 0 aliphatic heterocycles. The number of esters is 1. The molecule has 0 fully saturated rings. The summed E-state index contributed by atoms with van der Waals surface area (Å²) in [6, 6.07) is 5.44. The van der Waals surface area contributed by atoms with Gasteiger partial charge in [0, 0.05) is 11.1 Å². The molecule has 146 valence electrons. The van der Waals surface area contributed by atoms with Crippen LogP contribution in [0.1, 0.15) is 39.4 Å². The zero-order valence-corrected chi connectivity index (χ0v) is 16.4. The van der Waals surface area contributed by atoms with Crippen LogP contribution in [0, 0.1) is 5.82 Å². The Hall–Kier alpha value is -2.42. The smallest absolute Gasteiger partial charge is 0.319 e. The molecular weight excluding hydrogens is 373 g/mol. The minimum Gasteiger partial charge on any atom is -0.455 e. The Bertz CT molecular complexity index is 787. The molecule has 0 bridgehead atoms. The van der Waals surface area contributed by atoms with E-state index < -0.39 is 11.2 Å². The van der Waals surface area contributed by atoms with Crippen molar-refractivity contribution < 1.29 is 23.2 Å². The number of nitrogens with one attached hydrogen (secondary N) is 1. The van der Waals surface area contributed by atoms with Gasteiger partial charge in [-0.25, -0.2) is 4.39 Å². The average molecular weight is 395 g/mol. The summed E-state index contributed by atoms with van der Waals surface area (Å²) >= 11 is 1.13. The fourth-order valence-corrected chi connectivity index (χ4v) is 2.55. The molecule has 0 aliphatic rings. The molecule has 2 rings (SSSR count). The van der Waals surface area contributed by atoms with Gasteiger partial charge in [0.15, 0.2) is 12.4 Å². The Kier molecular flexibility index (Phi) is 6.95. The standard InChI is InChI=1S/C18H22FN3O4S/c1-11(27-10-14(23)20-13-7-5-12(19)6-8-13)16(24)25-9-15-21-17(22-26-15)18(2,3)4/h5-8,11H,9-10H2,1-4H3,(H,20,23). The number of rotatable bonds is 7. The Labute approximate surface area is 161 Å². The first-order valence-electron chi connectivity index (χ1n) is 8.32. The van der Waals surface area contributed by atoms with Gasteiger partial charge in [0.1, 0.15) is 11.1 Å². The molecule has 1 aromatic carbocycles. The van der Waals surface area contributed by atoms with E-state index in [2.05, 4.69) is 15.5 Å². The molecule has 1 atom stereocenters. The van der Waals surface area contributed by atoms with E-state index in [9.17, 15) is 14.0 Å². The number of anilines is 1. The van der Waals surface area contributed by atoms with E-state index in [4.69, 9.17) is 9.26 Å². The summed E-state index contributed by atoms with van der Waals surface area (Å²) in [5, 5.41) is 5.94. The third-order valence-electron chi connectivity index (χ3n) is 3.40. The molecule has 9 heteroatoms. The number of carbonyl (C=O) groups is 2.